The summed E-state index contributed by atoms with van der Waals surface area (Å²) in [5.41, 5.74) is 2.94. The molecule has 0 aliphatic carbocycles. The van der Waals surface area contributed by atoms with Crippen molar-refractivity contribution in [1.82, 2.24) is 15.3 Å². The normalized spacial score (nSPS) is 12.8. The molecule has 0 spiro atoms. The molecule has 1 amide bonds. The number of imidazole rings is 1. The maximum absolute atomic E-state index is 13.5. The second kappa shape index (κ2) is 8.00. The molecule has 148 valence electrons. The highest BCUT2D eigenvalue weighted by Gasteiger charge is 2.23. The number of hydrogen-bond acceptors (Lipinski definition) is 3. The van der Waals surface area contributed by atoms with E-state index in [1.54, 1.807) is 6.07 Å². The Morgan fingerprint density at radius 3 is 2.50 bits per heavy atom. The van der Waals surface area contributed by atoms with E-state index in [0.717, 1.165) is 12.0 Å². The molecule has 0 bridgehead atoms. The van der Waals surface area contributed by atoms with Crippen molar-refractivity contribution in [3.8, 4) is 0 Å². The first-order valence-corrected chi connectivity index (χ1v) is 9.46. The van der Waals surface area contributed by atoms with Gasteiger partial charge in [0.2, 0.25) is 0 Å². The maximum Gasteiger partial charge on any atom is 0.408 e. The molecule has 0 fully saturated rings. The Morgan fingerprint density at radius 1 is 1.18 bits per heavy atom. The van der Waals surface area contributed by atoms with Gasteiger partial charge in [0.25, 0.3) is 0 Å². The first-order valence-electron chi connectivity index (χ1n) is 9.46. The smallest absolute Gasteiger partial charge is 0.408 e. The summed E-state index contributed by atoms with van der Waals surface area (Å²) >= 11 is 0. The number of aryl methyl sites for hydroxylation is 1. The highest BCUT2D eigenvalue weighted by atomic mass is 19.1. The van der Waals surface area contributed by atoms with Gasteiger partial charge in [-0.3, -0.25) is 0 Å². The van der Waals surface area contributed by atoms with E-state index in [-0.39, 0.29) is 5.82 Å². The number of aromatic amines is 1. The van der Waals surface area contributed by atoms with E-state index < -0.39 is 17.7 Å². The number of ether oxygens (including phenoxy) is 1. The number of carbonyl (C=O) groups is 1. The average molecular weight is 383 g/mol. The number of aromatic nitrogens is 2. The zero-order valence-corrected chi connectivity index (χ0v) is 16.7. The molecule has 0 aliphatic heterocycles. The molecule has 28 heavy (non-hydrogen) atoms. The van der Waals surface area contributed by atoms with E-state index in [4.69, 9.17) is 4.74 Å². The van der Waals surface area contributed by atoms with Gasteiger partial charge >= 0.3 is 6.09 Å². The van der Waals surface area contributed by atoms with Gasteiger partial charge in [-0.2, -0.15) is 0 Å². The molecule has 0 saturated heterocycles. The number of nitrogens with one attached hydrogen (secondary N) is 2. The van der Waals surface area contributed by atoms with Crippen LogP contribution < -0.4 is 5.32 Å². The summed E-state index contributed by atoms with van der Waals surface area (Å²) in [6.45, 7) is 7.55. The van der Waals surface area contributed by atoms with E-state index in [1.807, 2.05) is 32.9 Å². The molecule has 2 N–H and O–H groups in total. The SMILES string of the molecule is CCc1ccc(CC(NC(=O)OC(C)(C)C)c2nc3ccc(F)cc3[nH]2)cc1. The molecule has 2 aromatic carbocycles. The number of fused-ring (bicyclic) bond motifs is 1. The Morgan fingerprint density at radius 2 is 1.86 bits per heavy atom. The number of halogens is 1. The highest BCUT2D eigenvalue weighted by Crippen LogP contribution is 2.22. The number of carbonyl (C=O) groups excluding carboxylic acids is 1. The van der Waals surface area contributed by atoms with Crippen LogP contribution in [0, 0.1) is 5.82 Å². The van der Waals surface area contributed by atoms with Crippen molar-refractivity contribution in [1.29, 1.82) is 0 Å². The Hall–Kier alpha value is -2.89. The first kappa shape index (κ1) is 19.9. The second-order valence-electron chi connectivity index (χ2n) is 7.86. The lowest BCUT2D eigenvalue weighted by atomic mass is 10.0. The third kappa shape index (κ3) is 5.09. The largest absolute Gasteiger partial charge is 0.444 e. The molecular weight excluding hydrogens is 357 g/mol. The lowest BCUT2D eigenvalue weighted by Crippen LogP contribution is -2.36. The number of nitrogens with zero attached hydrogens (tertiary/aromatic N) is 1. The number of hydrogen-bond donors (Lipinski definition) is 2. The molecule has 1 atom stereocenters. The van der Waals surface area contributed by atoms with Crippen molar-refractivity contribution in [3.05, 3.63) is 65.2 Å². The van der Waals surface area contributed by atoms with Crippen LogP contribution in [0.3, 0.4) is 0 Å². The zero-order valence-electron chi connectivity index (χ0n) is 16.7. The molecule has 0 radical (unpaired) electrons. The molecule has 1 heterocycles. The van der Waals surface area contributed by atoms with E-state index in [0.29, 0.717) is 23.3 Å². The van der Waals surface area contributed by atoms with Crippen LogP contribution in [0.5, 0.6) is 0 Å². The van der Waals surface area contributed by atoms with Crippen LogP contribution >= 0.6 is 0 Å². The third-order valence-electron chi connectivity index (χ3n) is 4.35. The lowest BCUT2D eigenvalue weighted by Gasteiger charge is -2.23. The fourth-order valence-electron chi connectivity index (χ4n) is 2.98. The Balaban J connectivity index is 1.88. The van der Waals surface area contributed by atoms with Crippen molar-refractivity contribution in [3.63, 3.8) is 0 Å². The second-order valence-corrected chi connectivity index (χ2v) is 7.86. The van der Waals surface area contributed by atoms with Gasteiger partial charge in [0, 0.05) is 6.42 Å². The van der Waals surface area contributed by atoms with Gasteiger partial charge < -0.3 is 15.0 Å². The first-order chi connectivity index (χ1) is 13.2. The predicted molar refractivity (Wildman–Crippen MR) is 108 cm³/mol. The third-order valence-corrected chi connectivity index (χ3v) is 4.35. The Kier molecular flexibility index (Phi) is 5.68. The van der Waals surface area contributed by atoms with Gasteiger partial charge in [0.05, 0.1) is 17.1 Å². The van der Waals surface area contributed by atoms with Crippen molar-refractivity contribution < 1.29 is 13.9 Å². The Labute approximate surface area is 164 Å². The van der Waals surface area contributed by atoms with Crippen LogP contribution in [0.15, 0.2) is 42.5 Å². The summed E-state index contributed by atoms with van der Waals surface area (Å²) in [7, 11) is 0. The fourth-order valence-corrected chi connectivity index (χ4v) is 2.98. The van der Waals surface area contributed by atoms with Crippen LogP contribution in [0.25, 0.3) is 11.0 Å². The monoisotopic (exact) mass is 383 g/mol. The number of benzene rings is 2. The van der Waals surface area contributed by atoms with Gasteiger partial charge in [0.1, 0.15) is 17.2 Å². The van der Waals surface area contributed by atoms with Crippen LogP contribution in [0.4, 0.5) is 9.18 Å². The average Bonchev–Trinajstić information content (AvgIpc) is 3.03. The standard InChI is InChI=1S/C22H26FN3O2/c1-5-14-6-8-15(9-7-14)12-19(26-21(27)28-22(2,3)4)20-24-17-11-10-16(23)13-18(17)25-20/h6-11,13,19H,5,12H2,1-4H3,(H,24,25)(H,26,27). The van der Waals surface area contributed by atoms with Crippen molar-refractivity contribution in [2.75, 3.05) is 0 Å². The van der Waals surface area contributed by atoms with Gasteiger partial charge in [-0.15, -0.1) is 0 Å². The summed E-state index contributed by atoms with van der Waals surface area (Å²) in [4.78, 5) is 20.0. The molecular formula is C22H26FN3O2. The predicted octanol–water partition coefficient (Wildman–Crippen LogP) is 5.07. The van der Waals surface area contributed by atoms with Crippen LogP contribution in [0.2, 0.25) is 0 Å². The lowest BCUT2D eigenvalue weighted by molar-refractivity contribution is 0.0501. The van der Waals surface area contributed by atoms with Gasteiger partial charge in [-0.05, 0) is 56.5 Å². The minimum Gasteiger partial charge on any atom is -0.444 e. The van der Waals surface area contributed by atoms with E-state index >= 15 is 0 Å². The Bertz CT molecular complexity index is 958. The summed E-state index contributed by atoms with van der Waals surface area (Å²) in [5, 5.41) is 2.89. The van der Waals surface area contributed by atoms with Crippen molar-refractivity contribution >= 4 is 17.1 Å². The minimum absolute atomic E-state index is 0.338. The van der Waals surface area contributed by atoms with Gasteiger partial charge in [-0.25, -0.2) is 14.2 Å². The molecule has 1 unspecified atom stereocenters. The summed E-state index contributed by atoms with van der Waals surface area (Å²) in [5.74, 6) is 0.223. The number of H-pyrrole nitrogens is 1. The topological polar surface area (TPSA) is 67.0 Å². The molecule has 5 nitrogen and oxygen atoms in total. The van der Waals surface area contributed by atoms with Gasteiger partial charge in [-0.1, -0.05) is 31.2 Å². The number of amides is 1. The molecule has 3 rings (SSSR count). The summed E-state index contributed by atoms with van der Waals surface area (Å²) < 4.78 is 18.9. The fraction of sp³-hybridized carbons (Fsp3) is 0.364. The van der Waals surface area contributed by atoms with Gasteiger partial charge in [0.15, 0.2) is 0 Å². The van der Waals surface area contributed by atoms with E-state index in [9.17, 15) is 9.18 Å². The number of rotatable bonds is 5. The molecule has 0 aliphatic rings. The van der Waals surface area contributed by atoms with Crippen molar-refractivity contribution in [2.24, 2.45) is 0 Å². The molecule has 3 aromatic rings. The van der Waals surface area contributed by atoms with Crippen LogP contribution in [-0.4, -0.2) is 21.7 Å². The van der Waals surface area contributed by atoms with E-state index in [2.05, 4.69) is 34.3 Å². The van der Waals surface area contributed by atoms with Crippen LogP contribution in [-0.2, 0) is 17.6 Å². The van der Waals surface area contributed by atoms with E-state index in [1.165, 1.54) is 17.7 Å². The quantitative estimate of drug-likeness (QED) is 0.646. The summed E-state index contributed by atoms with van der Waals surface area (Å²) in [6.07, 6.45) is 0.981. The van der Waals surface area contributed by atoms with Crippen molar-refractivity contribution in [2.45, 2.75) is 52.2 Å². The summed E-state index contributed by atoms with van der Waals surface area (Å²) in [6, 6.07) is 12.2. The highest BCUT2D eigenvalue weighted by molar-refractivity contribution is 5.75. The molecule has 6 heteroatoms. The zero-order chi connectivity index (χ0) is 20.3. The minimum atomic E-state index is -0.603. The number of alkyl carbamates (subject to hydrolysis) is 1. The molecule has 0 saturated carbocycles. The maximum atomic E-state index is 13.5. The van der Waals surface area contributed by atoms with Crippen LogP contribution in [0.1, 0.15) is 50.7 Å². The molecule has 1 aromatic heterocycles.